The monoisotopic (exact) mass is 934 g/mol. The highest BCUT2D eigenvalue weighted by molar-refractivity contribution is 5.93. The number of benzene rings is 11. The number of rotatable bonds is 7. The fourth-order valence-corrected chi connectivity index (χ4v) is 13.1. The number of nitrogens with zero attached hydrogens (tertiary/aromatic N) is 2. The Hall–Kier alpha value is -8.72. The molecule has 0 aromatic heterocycles. The number of para-hydroxylation sites is 1. The van der Waals surface area contributed by atoms with Gasteiger partial charge in [0.1, 0.15) is 0 Å². The normalized spacial score (nSPS) is 14.9. The number of anilines is 6. The summed E-state index contributed by atoms with van der Waals surface area (Å²) in [6, 6.07) is 95.4. The Kier molecular flexibility index (Phi) is 9.54. The van der Waals surface area contributed by atoms with Crippen molar-refractivity contribution in [1.29, 1.82) is 0 Å². The predicted molar refractivity (Wildman–Crippen MR) is 306 cm³/mol. The largest absolute Gasteiger partial charge is 0.310 e. The van der Waals surface area contributed by atoms with Gasteiger partial charge in [-0.25, -0.2) is 0 Å². The molecule has 0 bridgehead atoms. The first-order valence-corrected chi connectivity index (χ1v) is 25.7. The standard InChI is InChI=1S/C71H54N2/c1-69(2)61-28-16-13-27-59(61)60-45-55(38-40-62(60)69)72(54-36-33-48(34-37-54)50-32-31-47-19-11-12-20-49(47)43-50)56-39-42-68-66(46-56)70(3,4)65-44-52(35-41-67(65)73(68)53-23-9-6-10-24-53)71(51-21-7-5-8-22-51)63-29-17-14-25-57(63)58-26-15-18-30-64(58)71/h5-46H,1-4H3. The molecule has 73 heavy (non-hydrogen) atoms. The van der Waals surface area contributed by atoms with Crippen molar-refractivity contribution in [2.45, 2.75) is 43.9 Å². The fourth-order valence-electron chi connectivity index (χ4n) is 13.1. The second-order valence-electron chi connectivity index (χ2n) is 21.3. The lowest BCUT2D eigenvalue weighted by atomic mass is 9.65. The number of hydrogen-bond acceptors (Lipinski definition) is 2. The first-order chi connectivity index (χ1) is 35.7. The minimum absolute atomic E-state index is 0.0957. The van der Waals surface area contributed by atoms with Gasteiger partial charge in [-0.15, -0.1) is 0 Å². The van der Waals surface area contributed by atoms with E-state index in [0.29, 0.717) is 0 Å². The van der Waals surface area contributed by atoms with Crippen molar-refractivity contribution in [2.75, 3.05) is 9.80 Å². The van der Waals surface area contributed by atoms with Crippen LogP contribution in [0.1, 0.15) is 72.2 Å². The van der Waals surface area contributed by atoms with Crippen LogP contribution >= 0.6 is 0 Å². The second-order valence-corrected chi connectivity index (χ2v) is 21.3. The molecule has 0 N–H and O–H groups in total. The highest BCUT2D eigenvalue weighted by atomic mass is 15.2. The average molecular weight is 935 g/mol. The third-order valence-corrected chi connectivity index (χ3v) is 16.7. The van der Waals surface area contributed by atoms with Crippen LogP contribution in [-0.4, -0.2) is 0 Å². The summed E-state index contributed by atoms with van der Waals surface area (Å²) >= 11 is 0. The van der Waals surface area contributed by atoms with Crippen LogP contribution in [0.4, 0.5) is 34.1 Å². The minimum Gasteiger partial charge on any atom is -0.310 e. The molecule has 2 heteroatoms. The molecule has 0 radical (unpaired) electrons. The maximum atomic E-state index is 2.55. The van der Waals surface area contributed by atoms with Gasteiger partial charge < -0.3 is 9.80 Å². The Balaban J connectivity index is 0.970. The van der Waals surface area contributed by atoms with E-state index in [1.807, 2.05) is 0 Å². The summed E-state index contributed by atoms with van der Waals surface area (Å²) in [7, 11) is 0. The number of hydrogen-bond donors (Lipinski definition) is 0. The van der Waals surface area contributed by atoms with Gasteiger partial charge in [-0.3, -0.25) is 0 Å². The van der Waals surface area contributed by atoms with E-state index in [4.69, 9.17) is 0 Å². The quantitative estimate of drug-likeness (QED) is 0.157. The summed E-state index contributed by atoms with van der Waals surface area (Å²) in [5, 5.41) is 2.50. The summed E-state index contributed by atoms with van der Waals surface area (Å²) < 4.78 is 0. The van der Waals surface area contributed by atoms with Gasteiger partial charge >= 0.3 is 0 Å². The zero-order valence-corrected chi connectivity index (χ0v) is 41.6. The van der Waals surface area contributed by atoms with Crippen molar-refractivity contribution < 1.29 is 0 Å². The van der Waals surface area contributed by atoms with Crippen molar-refractivity contribution in [3.63, 3.8) is 0 Å². The third-order valence-electron chi connectivity index (χ3n) is 16.7. The number of fused-ring (bicyclic) bond motifs is 9. The lowest BCUT2D eigenvalue weighted by Crippen LogP contribution is -2.33. The molecule has 0 amide bonds. The van der Waals surface area contributed by atoms with Crippen LogP contribution in [0.5, 0.6) is 0 Å². The van der Waals surface area contributed by atoms with Crippen LogP contribution in [0.3, 0.4) is 0 Å². The topological polar surface area (TPSA) is 6.48 Å². The molecule has 1 aliphatic heterocycles. The average Bonchev–Trinajstić information content (AvgIpc) is 3.88. The van der Waals surface area contributed by atoms with Gasteiger partial charge in [-0.1, -0.05) is 216 Å². The molecular weight excluding hydrogens is 881 g/mol. The molecule has 14 rings (SSSR count). The van der Waals surface area contributed by atoms with Gasteiger partial charge in [0.25, 0.3) is 0 Å². The van der Waals surface area contributed by atoms with E-state index < -0.39 is 10.8 Å². The molecule has 11 aromatic rings. The van der Waals surface area contributed by atoms with Crippen molar-refractivity contribution in [2.24, 2.45) is 0 Å². The van der Waals surface area contributed by atoms with E-state index >= 15 is 0 Å². The van der Waals surface area contributed by atoms with Crippen molar-refractivity contribution in [1.82, 2.24) is 0 Å². The Labute approximate surface area is 429 Å². The van der Waals surface area contributed by atoms with Crippen LogP contribution in [-0.2, 0) is 16.2 Å². The molecule has 2 aliphatic carbocycles. The third kappa shape index (κ3) is 6.36. The van der Waals surface area contributed by atoms with Gasteiger partial charge in [0, 0.05) is 33.6 Å². The highest BCUT2D eigenvalue weighted by Crippen LogP contribution is 2.60. The zero-order chi connectivity index (χ0) is 49.1. The molecule has 348 valence electrons. The Bertz CT molecular complexity index is 3930. The van der Waals surface area contributed by atoms with Gasteiger partial charge in [0.2, 0.25) is 0 Å². The predicted octanol–water partition coefficient (Wildman–Crippen LogP) is 18.8. The molecule has 0 spiro atoms. The lowest BCUT2D eigenvalue weighted by molar-refractivity contribution is 0.627. The molecule has 11 aromatic carbocycles. The summed E-state index contributed by atoms with van der Waals surface area (Å²) in [5.74, 6) is 0. The molecule has 0 fully saturated rings. The summed E-state index contributed by atoms with van der Waals surface area (Å²) in [5.41, 5.74) is 23.9. The van der Waals surface area contributed by atoms with E-state index in [1.54, 1.807) is 0 Å². The SMILES string of the molecule is CC1(C)c2ccccc2-c2cc(N(c3ccc(-c4ccc5ccccc5c4)cc3)c3ccc4c(c3)C(C)(C)c3cc(C5(c6ccccc6)c6ccccc6-c6ccccc65)ccc3N4c3ccccc3)ccc21. The highest BCUT2D eigenvalue weighted by Gasteiger charge is 2.48. The molecule has 0 saturated heterocycles. The first-order valence-electron chi connectivity index (χ1n) is 25.7. The molecule has 1 heterocycles. The van der Waals surface area contributed by atoms with Crippen LogP contribution in [0.15, 0.2) is 255 Å². The van der Waals surface area contributed by atoms with Crippen LogP contribution in [0.2, 0.25) is 0 Å². The molecule has 0 atom stereocenters. The van der Waals surface area contributed by atoms with Crippen LogP contribution in [0, 0.1) is 0 Å². The molecule has 3 aliphatic rings. The summed E-state index contributed by atoms with van der Waals surface area (Å²) in [4.78, 5) is 4.97. The van der Waals surface area contributed by atoms with Gasteiger partial charge in [-0.2, -0.15) is 0 Å². The van der Waals surface area contributed by atoms with Crippen molar-refractivity contribution >= 4 is 44.9 Å². The van der Waals surface area contributed by atoms with E-state index in [-0.39, 0.29) is 5.41 Å². The molecule has 2 nitrogen and oxygen atoms in total. The van der Waals surface area contributed by atoms with Crippen molar-refractivity contribution in [3.05, 3.63) is 299 Å². The fraction of sp³-hybridized carbons (Fsp3) is 0.0986. The molecular formula is C71H54N2. The summed E-state index contributed by atoms with van der Waals surface area (Å²) in [6.07, 6.45) is 0. The van der Waals surface area contributed by atoms with Crippen LogP contribution in [0.25, 0.3) is 44.2 Å². The van der Waals surface area contributed by atoms with E-state index in [2.05, 4.69) is 292 Å². The van der Waals surface area contributed by atoms with Crippen molar-refractivity contribution in [3.8, 4) is 33.4 Å². The van der Waals surface area contributed by atoms with E-state index in [9.17, 15) is 0 Å². The maximum Gasteiger partial charge on any atom is 0.0713 e. The smallest absolute Gasteiger partial charge is 0.0713 e. The lowest BCUT2D eigenvalue weighted by Gasteiger charge is -2.44. The van der Waals surface area contributed by atoms with E-state index in [1.165, 1.54) is 100 Å². The molecule has 0 saturated carbocycles. The summed E-state index contributed by atoms with van der Waals surface area (Å²) in [6.45, 7) is 9.59. The van der Waals surface area contributed by atoms with Crippen LogP contribution < -0.4 is 9.80 Å². The van der Waals surface area contributed by atoms with Gasteiger partial charge in [0.05, 0.1) is 16.8 Å². The molecule has 0 unspecified atom stereocenters. The first kappa shape index (κ1) is 43.1. The Morgan fingerprint density at radius 2 is 0.795 bits per heavy atom. The van der Waals surface area contributed by atoms with Gasteiger partial charge in [0.15, 0.2) is 0 Å². The second kappa shape index (κ2) is 16.2. The van der Waals surface area contributed by atoms with Gasteiger partial charge in [-0.05, 0) is 155 Å². The minimum atomic E-state index is -0.518. The zero-order valence-electron chi connectivity index (χ0n) is 41.6. The van der Waals surface area contributed by atoms with E-state index in [0.717, 1.165) is 22.7 Å². The maximum absolute atomic E-state index is 2.55. The Morgan fingerprint density at radius 1 is 0.301 bits per heavy atom. The Morgan fingerprint density at radius 3 is 1.49 bits per heavy atom.